The quantitative estimate of drug-likeness (QED) is 0.0830. The van der Waals surface area contributed by atoms with Gasteiger partial charge in [-0.1, -0.05) is 63.2 Å². The summed E-state index contributed by atoms with van der Waals surface area (Å²) in [6.45, 7) is 18.0. The molecule has 3 aliphatic heterocycles. The van der Waals surface area contributed by atoms with Crippen molar-refractivity contribution >= 4 is 5.97 Å². The van der Waals surface area contributed by atoms with Crippen LogP contribution in [-0.4, -0.2) is 108 Å². The number of ether oxygens (including phenoxy) is 11. The Morgan fingerprint density at radius 2 is 1.44 bits per heavy atom. The van der Waals surface area contributed by atoms with Crippen LogP contribution in [0.2, 0.25) is 0 Å². The van der Waals surface area contributed by atoms with Crippen LogP contribution in [0.3, 0.4) is 0 Å². The summed E-state index contributed by atoms with van der Waals surface area (Å²) in [7, 11) is 6.64. The molecular weight excluding hydrogens is 793 g/mol. The van der Waals surface area contributed by atoms with Crippen molar-refractivity contribution in [3.8, 4) is 5.75 Å². The summed E-state index contributed by atoms with van der Waals surface area (Å²) in [5.41, 5.74) is 2.20. The maximum atomic E-state index is 13.6. The second-order valence-corrected chi connectivity index (χ2v) is 18.8. The maximum absolute atomic E-state index is 13.6. The molecule has 3 aliphatic rings. The first kappa shape index (κ1) is 50.4. The number of hydrogen-bond acceptors (Lipinski definition) is 12. The molecule has 2 aromatic rings. The maximum Gasteiger partial charge on any atom is 0.311 e. The van der Waals surface area contributed by atoms with Crippen molar-refractivity contribution < 1.29 is 56.9 Å². The van der Waals surface area contributed by atoms with Crippen molar-refractivity contribution in [3.63, 3.8) is 0 Å². The number of carbonyl (C=O) groups is 1. The lowest BCUT2D eigenvalue weighted by molar-refractivity contribution is -0.357. The molecule has 0 bridgehead atoms. The molecule has 0 saturated carbocycles. The van der Waals surface area contributed by atoms with Crippen molar-refractivity contribution in [2.75, 3.05) is 35.0 Å². The van der Waals surface area contributed by atoms with Gasteiger partial charge in [0.2, 0.25) is 0 Å². The van der Waals surface area contributed by atoms with Crippen molar-refractivity contribution in [1.29, 1.82) is 0 Å². The zero-order valence-corrected chi connectivity index (χ0v) is 39.7. The molecule has 3 saturated heterocycles. The van der Waals surface area contributed by atoms with Gasteiger partial charge in [-0.25, -0.2) is 0 Å². The summed E-state index contributed by atoms with van der Waals surface area (Å²) < 4.78 is 68.7. The molecule has 3 fully saturated rings. The average Bonchev–Trinajstić information content (AvgIpc) is 3.25. The molecule has 0 radical (unpaired) electrons. The molecule has 62 heavy (non-hydrogen) atoms. The van der Waals surface area contributed by atoms with Gasteiger partial charge in [0.05, 0.1) is 88.3 Å². The van der Waals surface area contributed by atoms with Crippen LogP contribution in [0.25, 0.3) is 0 Å². The fraction of sp³-hybridized carbons (Fsp3) is 0.740. The molecule has 350 valence electrons. The molecule has 3 heterocycles. The lowest BCUT2D eigenvalue weighted by Gasteiger charge is -2.52. The van der Waals surface area contributed by atoms with E-state index in [0.29, 0.717) is 51.9 Å². The van der Waals surface area contributed by atoms with E-state index in [9.17, 15) is 4.79 Å². The predicted molar refractivity (Wildman–Crippen MR) is 237 cm³/mol. The van der Waals surface area contributed by atoms with Gasteiger partial charge in [-0.3, -0.25) is 4.79 Å². The smallest absolute Gasteiger partial charge is 0.311 e. The molecule has 0 amide bonds. The number of esters is 1. The number of hydrogen-bond donors (Lipinski definition) is 0. The van der Waals surface area contributed by atoms with Crippen LogP contribution in [0.4, 0.5) is 0 Å². The molecule has 13 atom stereocenters. The molecular formula is C50H78O12. The summed E-state index contributed by atoms with van der Waals surface area (Å²) >= 11 is 0. The van der Waals surface area contributed by atoms with Gasteiger partial charge < -0.3 is 52.1 Å². The summed E-state index contributed by atoms with van der Waals surface area (Å²) in [5, 5.41) is 0. The molecule has 0 N–H and O–H groups in total. The lowest BCUT2D eigenvalue weighted by atomic mass is 9.76. The van der Waals surface area contributed by atoms with E-state index in [1.807, 2.05) is 70.2 Å². The highest BCUT2D eigenvalue weighted by Crippen LogP contribution is 2.44. The Labute approximate surface area is 372 Å². The third kappa shape index (κ3) is 14.4. The van der Waals surface area contributed by atoms with Crippen LogP contribution in [0, 0.1) is 23.7 Å². The van der Waals surface area contributed by atoms with E-state index in [0.717, 1.165) is 29.7 Å². The molecule has 5 rings (SSSR count). The third-order valence-electron chi connectivity index (χ3n) is 13.2. The Balaban J connectivity index is 1.27. The fourth-order valence-corrected chi connectivity index (χ4v) is 9.78. The Kier molecular flexibility index (Phi) is 19.1. The molecule has 12 nitrogen and oxygen atoms in total. The summed E-state index contributed by atoms with van der Waals surface area (Å²) in [5.74, 6) is -2.00. The van der Waals surface area contributed by atoms with E-state index < -0.39 is 23.6 Å². The van der Waals surface area contributed by atoms with E-state index in [4.69, 9.17) is 52.1 Å². The lowest BCUT2D eigenvalue weighted by Crippen LogP contribution is -2.59. The second kappa shape index (κ2) is 23.5. The number of rotatable bonds is 22. The van der Waals surface area contributed by atoms with E-state index in [1.54, 1.807) is 21.3 Å². The standard InChI is InChI=1S/C50H78O12/c1-32-26-41(53-10)27-40(58-32)22-23-42(48(51)55-12)47-35(4)46(61-50(7,8)62-47)34(3)45-29-44(59-49(5,6)60-45)33(2)43(54-11)28-39(24-25-56-30-36-16-14-13-15-17-36)57-31-37-18-20-38(52-9)21-19-37/h13-21,32-35,39-47H,22-31H2,1-12H3/t32-,33+,34-,35+,39-,40-,41+,42-,43-,44-,45+,46-,47+/m0/s1. The van der Waals surface area contributed by atoms with E-state index in [2.05, 4.69) is 39.8 Å². The molecule has 0 spiro atoms. The summed E-state index contributed by atoms with van der Waals surface area (Å²) in [4.78, 5) is 13.6. The average molecular weight is 871 g/mol. The molecule has 2 aromatic carbocycles. The Bertz CT molecular complexity index is 1600. The zero-order valence-electron chi connectivity index (χ0n) is 39.7. The zero-order chi connectivity index (χ0) is 45.0. The Hall–Kier alpha value is -2.65. The van der Waals surface area contributed by atoms with Crippen LogP contribution >= 0.6 is 0 Å². The van der Waals surface area contributed by atoms with E-state index in [1.165, 1.54) is 7.11 Å². The van der Waals surface area contributed by atoms with Gasteiger partial charge in [0, 0.05) is 51.4 Å². The number of carbonyl (C=O) groups excluding carboxylic acids is 1. The van der Waals surface area contributed by atoms with E-state index >= 15 is 0 Å². The molecule has 0 aliphatic carbocycles. The fourth-order valence-electron chi connectivity index (χ4n) is 9.78. The van der Waals surface area contributed by atoms with Crippen molar-refractivity contribution in [1.82, 2.24) is 0 Å². The molecule has 0 unspecified atom stereocenters. The first-order valence-corrected chi connectivity index (χ1v) is 22.9. The van der Waals surface area contributed by atoms with Gasteiger partial charge in [-0.15, -0.1) is 0 Å². The van der Waals surface area contributed by atoms with Crippen molar-refractivity contribution in [2.45, 2.75) is 180 Å². The normalized spacial score (nSPS) is 29.8. The topological polar surface area (TPSA) is 119 Å². The number of benzene rings is 2. The summed E-state index contributed by atoms with van der Waals surface area (Å²) in [6.07, 6.45) is 3.75. The third-order valence-corrected chi connectivity index (χ3v) is 13.2. The second-order valence-electron chi connectivity index (χ2n) is 18.8. The van der Waals surface area contributed by atoms with Gasteiger partial charge in [0.25, 0.3) is 0 Å². The van der Waals surface area contributed by atoms with Crippen LogP contribution < -0.4 is 4.74 Å². The highest BCUT2D eigenvalue weighted by atomic mass is 16.7. The SMILES string of the molecule is COC(=O)[C@@H](CC[C@H]1C[C@H](OC)C[C@H](C)O1)[C@@H]1OC(C)(C)O[C@@H]([C@@H](C)[C@H]2C[C@@H]([C@H](C)[C@H](C[C@H](CCOCc3ccccc3)OCc3ccc(OC)cc3)OC)OC(C)(C)O2)[C@H]1C. The highest BCUT2D eigenvalue weighted by molar-refractivity contribution is 5.73. The first-order chi connectivity index (χ1) is 29.5. The monoisotopic (exact) mass is 871 g/mol. The van der Waals surface area contributed by atoms with Gasteiger partial charge >= 0.3 is 5.97 Å². The predicted octanol–water partition coefficient (Wildman–Crippen LogP) is 9.08. The minimum absolute atomic E-state index is 0.00134. The van der Waals surface area contributed by atoms with Crippen LogP contribution in [0.1, 0.15) is 111 Å². The minimum Gasteiger partial charge on any atom is -0.497 e. The Morgan fingerprint density at radius 3 is 2.10 bits per heavy atom. The highest BCUT2D eigenvalue weighted by Gasteiger charge is 2.52. The molecule has 12 heteroatoms. The Morgan fingerprint density at radius 1 is 0.774 bits per heavy atom. The van der Waals surface area contributed by atoms with Gasteiger partial charge in [-0.05, 0) is 90.0 Å². The minimum atomic E-state index is -0.945. The van der Waals surface area contributed by atoms with Crippen molar-refractivity contribution in [3.05, 3.63) is 65.7 Å². The van der Waals surface area contributed by atoms with Crippen LogP contribution in [-0.2, 0) is 65.4 Å². The van der Waals surface area contributed by atoms with Gasteiger partial charge in [0.1, 0.15) is 5.75 Å². The first-order valence-electron chi connectivity index (χ1n) is 22.9. The van der Waals surface area contributed by atoms with Gasteiger partial charge in [-0.2, -0.15) is 0 Å². The van der Waals surface area contributed by atoms with Crippen LogP contribution in [0.15, 0.2) is 54.6 Å². The number of methoxy groups -OCH3 is 4. The van der Waals surface area contributed by atoms with E-state index in [-0.39, 0.29) is 72.6 Å². The summed E-state index contributed by atoms with van der Waals surface area (Å²) in [6, 6.07) is 18.2. The van der Waals surface area contributed by atoms with Gasteiger partial charge in [0.15, 0.2) is 11.6 Å². The molecule has 0 aromatic heterocycles. The van der Waals surface area contributed by atoms with Crippen LogP contribution in [0.5, 0.6) is 5.75 Å². The largest absolute Gasteiger partial charge is 0.497 e. The van der Waals surface area contributed by atoms with Crippen molar-refractivity contribution in [2.24, 2.45) is 23.7 Å².